The molecule has 0 amide bonds. The molecule has 5 N–H and O–H groups in total. The first-order chi connectivity index (χ1) is 5.55. The molecule has 1 aliphatic heterocycles. The molecule has 0 unspecified atom stereocenters. The van der Waals surface area contributed by atoms with Crippen molar-refractivity contribution in [2.45, 2.75) is 31.5 Å². The Kier molecular flexibility index (Phi) is 4.24. The molecule has 80 valence electrons. The topological polar surface area (TPSA) is 110 Å². The van der Waals surface area contributed by atoms with Crippen LogP contribution in [0.25, 0.3) is 0 Å². The van der Waals surface area contributed by atoms with E-state index < -0.39 is 37.3 Å². The first kappa shape index (κ1) is 12.8. The predicted molar refractivity (Wildman–Crippen MR) is 42.7 cm³/mol. The SMILES string of the molecule is C.OC[C@H]1O[C@](O)(CO)[C@@H](O)[C@@H]1O. The van der Waals surface area contributed by atoms with Crippen LogP contribution in [0.2, 0.25) is 0 Å². The fraction of sp³-hybridized carbons (Fsp3) is 1.00. The molecule has 6 nitrogen and oxygen atoms in total. The van der Waals surface area contributed by atoms with E-state index in [1.54, 1.807) is 0 Å². The van der Waals surface area contributed by atoms with Crippen molar-refractivity contribution in [2.24, 2.45) is 0 Å². The highest BCUT2D eigenvalue weighted by Crippen LogP contribution is 2.28. The van der Waals surface area contributed by atoms with E-state index in [-0.39, 0.29) is 7.43 Å². The zero-order valence-electron chi connectivity index (χ0n) is 6.29. The highest BCUT2D eigenvalue weighted by Gasteiger charge is 2.52. The van der Waals surface area contributed by atoms with Crippen molar-refractivity contribution in [3.8, 4) is 0 Å². The number of ether oxygens (including phenoxy) is 1. The lowest BCUT2D eigenvalue weighted by molar-refractivity contribution is -0.248. The second-order valence-corrected chi connectivity index (χ2v) is 2.78. The average molecular weight is 196 g/mol. The van der Waals surface area contributed by atoms with E-state index in [0.717, 1.165) is 0 Å². The van der Waals surface area contributed by atoms with Crippen molar-refractivity contribution >= 4 is 0 Å². The van der Waals surface area contributed by atoms with Gasteiger partial charge in [0.1, 0.15) is 18.3 Å². The lowest BCUT2D eigenvalue weighted by Gasteiger charge is -2.22. The van der Waals surface area contributed by atoms with Crippen LogP contribution in [0.1, 0.15) is 7.43 Å². The smallest absolute Gasteiger partial charge is 0.219 e. The van der Waals surface area contributed by atoms with Gasteiger partial charge in [-0.25, -0.2) is 0 Å². The van der Waals surface area contributed by atoms with Gasteiger partial charge in [-0.15, -0.1) is 0 Å². The van der Waals surface area contributed by atoms with Crippen molar-refractivity contribution in [3.63, 3.8) is 0 Å². The minimum atomic E-state index is -2.16. The van der Waals surface area contributed by atoms with E-state index in [1.807, 2.05) is 0 Å². The molecule has 0 aliphatic carbocycles. The highest BCUT2D eigenvalue weighted by molar-refractivity contribution is 4.94. The summed E-state index contributed by atoms with van der Waals surface area (Å²) in [6, 6.07) is 0. The van der Waals surface area contributed by atoms with Gasteiger partial charge in [-0.2, -0.15) is 0 Å². The first-order valence-corrected chi connectivity index (χ1v) is 3.53. The Morgan fingerprint density at radius 1 is 1.23 bits per heavy atom. The maximum atomic E-state index is 9.25. The molecule has 0 aromatic heterocycles. The molecule has 0 radical (unpaired) electrons. The second-order valence-electron chi connectivity index (χ2n) is 2.78. The van der Waals surface area contributed by atoms with Crippen LogP contribution < -0.4 is 0 Å². The summed E-state index contributed by atoms with van der Waals surface area (Å²) >= 11 is 0. The van der Waals surface area contributed by atoms with Gasteiger partial charge in [0.25, 0.3) is 0 Å². The zero-order chi connectivity index (χ0) is 9.35. The maximum absolute atomic E-state index is 9.25. The number of rotatable bonds is 2. The minimum Gasteiger partial charge on any atom is -0.394 e. The van der Waals surface area contributed by atoms with E-state index in [1.165, 1.54) is 0 Å². The highest BCUT2D eigenvalue weighted by atomic mass is 16.7. The van der Waals surface area contributed by atoms with Crippen molar-refractivity contribution in [1.29, 1.82) is 0 Å². The third-order valence-corrected chi connectivity index (χ3v) is 1.93. The van der Waals surface area contributed by atoms with E-state index in [4.69, 9.17) is 20.4 Å². The van der Waals surface area contributed by atoms with Gasteiger partial charge in [-0.3, -0.25) is 0 Å². The van der Waals surface area contributed by atoms with Crippen LogP contribution in [0.5, 0.6) is 0 Å². The Labute approximate surface area is 76.0 Å². The normalized spacial score (nSPS) is 44.5. The predicted octanol–water partition coefficient (Wildman–Crippen LogP) is -2.58. The van der Waals surface area contributed by atoms with Gasteiger partial charge in [-0.05, 0) is 0 Å². The Morgan fingerprint density at radius 3 is 2.00 bits per heavy atom. The summed E-state index contributed by atoms with van der Waals surface area (Å²) in [5, 5.41) is 44.7. The number of hydrogen-bond donors (Lipinski definition) is 5. The van der Waals surface area contributed by atoms with E-state index in [9.17, 15) is 5.11 Å². The van der Waals surface area contributed by atoms with Gasteiger partial charge in [0.2, 0.25) is 5.79 Å². The van der Waals surface area contributed by atoms with Gasteiger partial charge in [0, 0.05) is 0 Å². The zero-order valence-corrected chi connectivity index (χ0v) is 6.29. The van der Waals surface area contributed by atoms with E-state index >= 15 is 0 Å². The van der Waals surface area contributed by atoms with Crippen LogP contribution in [0.3, 0.4) is 0 Å². The van der Waals surface area contributed by atoms with Crippen LogP contribution in [0.15, 0.2) is 0 Å². The summed E-state index contributed by atoms with van der Waals surface area (Å²) < 4.78 is 4.63. The molecule has 1 saturated heterocycles. The molecule has 0 spiro atoms. The molecule has 0 bridgehead atoms. The van der Waals surface area contributed by atoms with Crippen LogP contribution >= 0.6 is 0 Å². The second kappa shape index (κ2) is 4.32. The Balaban J connectivity index is 0.00000144. The van der Waals surface area contributed by atoms with Gasteiger partial charge >= 0.3 is 0 Å². The quantitative estimate of drug-likeness (QED) is 0.331. The number of hydrogen-bond acceptors (Lipinski definition) is 6. The largest absolute Gasteiger partial charge is 0.394 e. The molecule has 13 heavy (non-hydrogen) atoms. The molecule has 1 aliphatic rings. The molecule has 4 atom stereocenters. The third kappa shape index (κ3) is 1.98. The Hall–Kier alpha value is -0.240. The van der Waals surface area contributed by atoms with Crippen LogP contribution in [0.4, 0.5) is 0 Å². The van der Waals surface area contributed by atoms with Gasteiger partial charge < -0.3 is 30.3 Å². The lowest BCUT2D eigenvalue weighted by Crippen LogP contribution is -2.46. The molecule has 1 fully saturated rings. The molecular formula is C7H16O6. The number of aliphatic hydroxyl groups is 5. The van der Waals surface area contributed by atoms with E-state index in [0.29, 0.717) is 0 Å². The first-order valence-electron chi connectivity index (χ1n) is 3.53. The maximum Gasteiger partial charge on any atom is 0.219 e. The van der Waals surface area contributed by atoms with Crippen molar-refractivity contribution in [3.05, 3.63) is 0 Å². The molecule has 0 aromatic rings. The molecule has 1 rings (SSSR count). The van der Waals surface area contributed by atoms with Crippen molar-refractivity contribution in [1.82, 2.24) is 0 Å². The van der Waals surface area contributed by atoms with Gasteiger partial charge in [0.15, 0.2) is 0 Å². The molecule has 1 heterocycles. The summed E-state index contributed by atoms with van der Waals surface area (Å²) in [6.07, 6.45) is -4.04. The summed E-state index contributed by atoms with van der Waals surface area (Å²) in [5.74, 6) is -2.16. The third-order valence-electron chi connectivity index (χ3n) is 1.93. The summed E-state index contributed by atoms with van der Waals surface area (Å²) in [4.78, 5) is 0. The Morgan fingerprint density at radius 2 is 1.77 bits per heavy atom. The van der Waals surface area contributed by atoms with Crippen molar-refractivity contribution < 1.29 is 30.3 Å². The van der Waals surface area contributed by atoms with Crippen LogP contribution in [-0.2, 0) is 4.74 Å². The van der Waals surface area contributed by atoms with Gasteiger partial charge in [-0.1, -0.05) is 7.43 Å². The lowest BCUT2D eigenvalue weighted by atomic mass is 10.1. The molecule has 0 aromatic carbocycles. The van der Waals surface area contributed by atoms with Gasteiger partial charge in [0.05, 0.1) is 13.2 Å². The van der Waals surface area contributed by atoms with E-state index in [2.05, 4.69) is 4.74 Å². The fourth-order valence-electron chi connectivity index (χ4n) is 1.15. The molecule has 0 saturated carbocycles. The minimum absolute atomic E-state index is 0. The molecular weight excluding hydrogens is 180 g/mol. The summed E-state index contributed by atoms with van der Waals surface area (Å²) in [5.41, 5.74) is 0. The number of aliphatic hydroxyl groups excluding tert-OH is 4. The summed E-state index contributed by atoms with van der Waals surface area (Å²) in [7, 11) is 0. The van der Waals surface area contributed by atoms with Crippen LogP contribution in [-0.4, -0.2) is 62.8 Å². The summed E-state index contributed by atoms with van der Waals surface area (Å²) in [6.45, 7) is -1.36. The Bertz CT molecular complexity index is 163. The monoisotopic (exact) mass is 196 g/mol. The van der Waals surface area contributed by atoms with Crippen molar-refractivity contribution in [2.75, 3.05) is 13.2 Å². The van der Waals surface area contributed by atoms with Crippen LogP contribution in [0, 0.1) is 0 Å². The molecule has 6 heteroatoms. The average Bonchev–Trinajstić information content (AvgIpc) is 2.31. The standard InChI is InChI=1S/C6H12O6.CH4/c7-1-3-4(9)5(10)6(11,2-8)12-3;/h3-5,7-11H,1-2H2;1H4/t3-,4-,5+,6-;/m1./s1. The fourth-order valence-corrected chi connectivity index (χ4v) is 1.15.